The van der Waals surface area contributed by atoms with E-state index in [-0.39, 0.29) is 0 Å². The lowest BCUT2D eigenvalue weighted by Gasteiger charge is -2.07. The van der Waals surface area contributed by atoms with Gasteiger partial charge in [-0.05, 0) is 29.2 Å². The molecule has 0 atom stereocenters. The van der Waals surface area contributed by atoms with E-state index < -0.39 is 0 Å². The van der Waals surface area contributed by atoms with Crippen LogP contribution >= 0.6 is 0 Å². The third-order valence-corrected chi connectivity index (χ3v) is 3.27. The maximum Gasteiger partial charge on any atom is 0.0281 e. The molecule has 3 rings (SSSR count). The van der Waals surface area contributed by atoms with Crippen LogP contribution in [0, 0.1) is 0 Å². The van der Waals surface area contributed by atoms with Gasteiger partial charge in [0.1, 0.15) is 0 Å². The van der Waals surface area contributed by atoms with Gasteiger partial charge in [-0.1, -0.05) is 60.7 Å². The molecule has 2 aromatic rings. The van der Waals surface area contributed by atoms with E-state index in [1.807, 2.05) is 0 Å². The molecular weight excluding hydrogens is 192 g/mol. The second-order valence-electron chi connectivity index (χ2n) is 4.18. The maximum absolute atomic E-state index is 2.28. The topological polar surface area (TPSA) is 0 Å². The molecular formula is C16H14. The smallest absolute Gasteiger partial charge is 0.0281 e. The lowest BCUT2D eigenvalue weighted by molar-refractivity contribution is 1.07. The van der Waals surface area contributed by atoms with Crippen molar-refractivity contribution in [2.45, 2.75) is 12.8 Å². The first-order chi connectivity index (χ1) is 7.92. The minimum atomic E-state index is 0.442. The average Bonchev–Trinajstić information content (AvgIpc) is 2.66. The first-order valence-corrected chi connectivity index (χ1v) is 5.73. The molecule has 0 nitrogen and oxygen atoms in total. The molecule has 78 valence electrons. The number of benzene rings is 2. The van der Waals surface area contributed by atoms with E-state index in [9.17, 15) is 0 Å². The lowest BCUT2D eigenvalue weighted by Crippen LogP contribution is -1.90. The van der Waals surface area contributed by atoms with Crippen molar-refractivity contribution in [3.05, 3.63) is 71.8 Å². The standard InChI is InChI=1S/C16H14/c1-2-7-12-13-8-3-5-10-15(13)16-11-6-4-9-14(12)16/h2-12H,1H3/b7-2+. The zero-order chi connectivity index (χ0) is 11.0. The molecule has 0 heterocycles. The minimum absolute atomic E-state index is 0.442. The van der Waals surface area contributed by atoms with Gasteiger partial charge in [-0.15, -0.1) is 0 Å². The molecule has 0 radical (unpaired) electrons. The van der Waals surface area contributed by atoms with Crippen molar-refractivity contribution in [2.24, 2.45) is 0 Å². The Hall–Kier alpha value is -1.82. The molecule has 0 heteroatoms. The molecule has 0 unspecified atom stereocenters. The predicted octanol–water partition coefficient (Wildman–Crippen LogP) is 4.38. The van der Waals surface area contributed by atoms with E-state index in [1.54, 1.807) is 0 Å². The van der Waals surface area contributed by atoms with Gasteiger partial charge in [0.15, 0.2) is 0 Å². The molecule has 0 saturated heterocycles. The van der Waals surface area contributed by atoms with E-state index in [4.69, 9.17) is 0 Å². The van der Waals surface area contributed by atoms with Crippen molar-refractivity contribution in [1.29, 1.82) is 0 Å². The summed E-state index contributed by atoms with van der Waals surface area (Å²) in [5.41, 5.74) is 5.64. The van der Waals surface area contributed by atoms with Gasteiger partial charge >= 0.3 is 0 Å². The molecule has 0 amide bonds. The summed E-state index contributed by atoms with van der Waals surface area (Å²) in [7, 11) is 0. The summed E-state index contributed by atoms with van der Waals surface area (Å²) in [5.74, 6) is 0.442. The Labute approximate surface area is 96.3 Å². The predicted molar refractivity (Wildman–Crippen MR) is 68.5 cm³/mol. The number of rotatable bonds is 1. The molecule has 1 aliphatic carbocycles. The monoisotopic (exact) mass is 206 g/mol. The quantitative estimate of drug-likeness (QED) is 0.607. The SMILES string of the molecule is C/C=C/C1c2ccccc2-c2ccccc21. The maximum atomic E-state index is 2.28. The van der Waals surface area contributed by atoms with Gasteiger partial charge in [0, 0.05) is 5.92 Å². The Morgan fingerprint density at radius 1 is 0.812 bits per heavy atom. The Kier molecular flexibility index (Phi) is 2.14. The van der Waals surface area contributed by atoms with Crippen LogP contribution in [0.5, 0.6) is 0 Å². The molecule has 0 saturated carbocycles. The van der Waals surface area contributed by atoms with Crippen molar-refractivity contribution in [3.63, 3.8) is 0 Å². The van der Waals surface area contributed by atoms with Crippen molar-refractivity contribution >= 4 is 0 Å². The van der Waals surface area contributed by atoms with Gasteiger partial charge in [-0.3, -0.25) is 0 Å². The van der Waals surface area contributed by atoms with E-state index in [0.717, 1.165) is 0 Å². The Bertz CT molecular complexity index is 504. The van der Waals surface area contributed by atoms with Gasteiger partial charge in [0.05, 0.1) is 0 Å². The second kappa shape index (κ2) is 3.64. The highest BCUT2D eigenvalue weighted by atomic mass is 14.3. The first-order valence-electron chi connectivity index (χ1n) is 5.73. The number of hydrogen-bond acceptors (Lipinski definition) is 0. The van der Waals surface area contributed by atoms with Gasteiger partial charge in [-0.25, -0.2) is 0 Å². The fourth-order valence-corrected chi connectivity index (χ4v) is 2.59. The summed E-state index contributed by atoms with van der Waals surface area (Å²) in [6.07, 6.45) is 4.42. The number of fused-ring (bicyclic) bond motifs is 3. The van der Waals surface area contributed by atoms with Crippen molar-refractivity contribution < 1.29 is 0 Å². The summed E-state index contributed by atoms with van der Waals surface area (Å²) in [6, 6.07) is 17.4. The van der Waals surface area contributed by atoms with Crippen molar-refractivity contribution in [3.8, 4) is 11.1 Å². The molecule has 2 aromatic carbocycles. The van der Waals surface area contributed by atoms with Gasteiger partial charge < -0.3 is 0 Å². The van der Waals surface area contributed by atoms with E-state index >= 15 is 0 Å². The van der Waals surface area contributed by atoms with Crippen molar-refractivity contribution in [2.75, 3.05) is 0 Å². The van der Waals surface area contributed by atoms with E-state index in [0.29, 0.717) is 5.92 Å². The fourth-order valence-electron chi connectivity index (χ4n) is 2.59. The Balaban J connectivity index is 2.29. The van der Waals surface area contributed by atoms with Gasteiger partial charge in [0.25, 0.3) is 0 Å². The molecule has 0 spiro atoms. The van der Waals surface area contributed by atoms with Crippen LogP contribution in [0.2, 0.25) is 0 Å². The fraction of sp³-hybridized carbons (Fsp3) is 0.125. The van der Waals surface area contributed by atoms with Crippen LogP contribution in [0.15, 0.2) is 60.7 Å². The van der Waals surface area contributed by atoms with Crippen LogP contribution in [0.25, 0.3) is 11.1 Å². The average molecular weight is 206 g/mol. The number of allylic oxidation sites excluding steroid dienone is 2. The lowest BCUT2D eigenvalue weighted by atomic mass is 9.97. The summed E-state index contributed by atoms with van der Waals surface area (Å²) in [4.78, 5) is 0. The van der Waals surface area contributed by atoms with Crippen LogP contribution in [-0.4, -0.2) is 0 Å². The highest BCUT2D eigenvalue weighted by Gasteiger charge is 2.25. The minimum Gasteiger partial charge on any atom is -0.0907 e. The third kappa shape index (κ3) is 1.23. The van der Waals surface area contributed by atoms with E-state index in [2.05, 4.69) is 67.6 Å². The molecule has 16 heavy (non-hydrogen) atoms. The van der Waals surface area contributed by atoms with Crippen LogP contribution < -0.4 is 0 Å². The molecule has 0 aliphatic heterocycles. The normalized spacial score (nSPS) is 14.1. The summed E-state index contributed by atoms with van der Waals surface area (Å²) >= 11 is 0. The van der Waals surface area contributed by atoms with Crippen LogP contribution in [0.4, 0.5) is 0 Å². The zero-order valence-corrected chi connectivity index (χ0v) is 9.35. The number of hydrogen-bond donors (Lipinski definition) is 0. The highest BCUT2D eigenvalue weighted by Crippen LogP contribution is 2.44. The molecule has 0 bridgehead atoms. The zero-order valence-electron chi connectivity index (χ0n) is 9.35. The van der Waals surface area contributed by atoms with Crippen LogP contribution in [-0.2, 0) is 0 Å². The second-order valence-corrected chi connectivity index (χ2v) is 4.18. The summed E-state index contributed by atoms with van der Waals surface area (Å²) < 4.78 is 0. The molecule has 1 aliphatic rings. The largest absolute Gasteiger partial charge is 0.0907 e. The van der Waals surface area contributed by atoms with Crippen molar-refractivity contribution in [1.82, 2.24) is 0 Å². The molecule has 0 aromatic heterocycles. The molecule has 0 N–H and O–H groups in total. The van der Waals surface area contributed by atoms with E-state index in [1.165, 1.54) is 22.3 Å². The third-order valence-electron chi connectivity index (χ3n) is 3.27. The van der Waals surface area contributed by atoms with Crippen LogP contribution in [0.1, 0.15) is 24.0 Å². The summed E-state index contributed by atoms with van der Waals surface area (Å²) in [6.45, 7) is 2.09. The van der Waals surface area contributed by atoms with Gasteiger partial charge in [-0.2, -0.15) is 0 Å². The summed E-state index contributed by atoms with van der Waals surface area (Å²) in [5, 5.41) is 0. The van der Waals surface area contributed by atoms with Crippen LogP contribution in [0.3, 0.4) is 0 Å². The molecule has 0 fully saturated rings. The highest BCUT2D eigenvalue weighted by molar-refractivity contribution is 5.79. The Morgan fingerprint density at radius 2 is 1.31 bits per heavy atom. The van der Waals surface area contributed by atoms with Gasteiger partial charge in [0.2, 0.25) is 0 Å². The first kappa shape index (κ1) is 9.41. The Morgan fingerprint density at radius 3 is 1.81 bits per heavy atom.